The van der Waals surface area contributed by atoms with Crippen molar-refractivity contribution in [3.05, 3.63) is 36.0 Å². The van der Waals surface area contributed by atoms with E-state index < -0.39 is 16.0 Å². The summed E-state index contributed by atoms with van der Waals surface area (Å²) in [6, 6.07) is 7.24. The number of likely N-dealkylation sites (N-methyl/N-ethyl adjacent to an activating group) is 1. The van der Waals surface area contributed by atoms with Crippen molar-refractivity contribution < 1.29 is 18.3 Å². The van der Waals surface area contributed by atoms with Crippen molar-refractivity contribution in [1.82, 2.24) is 14.2 Å². The molecule has 1 N–H and O–H groups in total. The van der Waals surface area contributed by atoms with Gasteiger partial charge < -0.3 is 5.11 Å². The Morgan fingerprint density at radius 3 is 2.61 bits per heavy atom. The van der Waals surface area contributed by atoms with E-state index in [4.69, 9.17) is 5.11 Å². The molecular formula is C19H26ClN3O4S. The quantitative estimate of drug-likeness (QED) is 0.761. The van der Waals surface area contributed by atoms with Crippen LogP contribution in [0.5, 0.6) is 0 Å². The minimum Gasteiger partial charge on any atom is -0.480 e. The molecular weight excluding hydrogens is 402 g/mol. The molecule has 2 heterocycles. The number of piperidine rings is 1. The fourth-order valence-corrected chi connectivity index (χ4v) is 5.35. The second-order valence-corrected chi connectivity index (χ2v) is 8.84. The summed E-state index contributed by atoms with van der Waals surface area (Å²) in [6.45, 7) is 5.23. The Hall–Kier alpha value is -1.74. The van der Waals surface area contributed by atoms with Crippen molar-refractivity contribution in [2.24, 2.45) is 0 Å². The van der Waals surface area contributed by atoms with Crippen LogP contribution in [0.1, 0.15) is 25.3 Å². The zero-order valence-corrected chi connectivity index (χ0v) is 17.7. The van der Waals surface area contributed by atoms with Gasteiger partial charge in [-0.05, 0) is 44.0 Å². The summed E-state index contributed by atoms with van der Waals surface area (Å²) in [4.78, 5) is 17.5. The van der Waals surface area contributed by atoms with Gasteiger partial charge in [-0.15, -0.1) is 12.4 Å². The molecule has 1 fully saturated rings. The summed E-state index contributed by atoms with van der Waals surface area (Å²) in [7, 11) is -3.64. The average molecular weight is 428 g/mol. The Morgan fingerprint density at radius 2 is 2.00 bits per heavy atom. The van der Waals surface area contributed by atoms with Gasteiger partial charge in [0.05, 0.1) is 12.1 Å². The van der Waals surface area contributed by atoms with Gasteiger partial charge in [0.25, 0.3) is 0 Å². The molecule has 0 radical (unpaired) electrons. The number of fused-ring (bicyclic) bond motifs is 1. The molecule has 0 atom stereocenters. The number of aromatic nitrogens is 1. The first-order valence-electron chi connectivity index (χ1n) is 9.14. The molecule has 1 aliphatic rings. The number of aryl methyl sites for hydroxylation is 1. The molecule has 3 rings (SSSR count). The molecule has 28 heavy (non-hydrogen) atoms. The zero-order valence-electron chi connectivity index (χ0n) is 16.0. The van der Waals surface area contributed by atoms with E-state index in [-0.39, 0.29) is 29.9 Å². The minimum atomic E-state index is -3.64. The number of para-hydroxylation sites is 1. The highest BCUT2D eigenvalue weighted by molar-refractivity contribution is 7.89. The van der Waals surface area contributed by atoms with Gasteiger partial charge >= 0.3 is 5.97 Å². The normalized spacial score (nSPS) is 16.2. The molecule has 0 saturated carbocycles. The lowest BCUT2D eigenvalue weighted by molar-refractivity contribution is -0.139. The molecule has 0 aliphatic carbocycles. The number of benzene rings is 1. The molecule has 7 nitrogen and oxygen atoms in total. The predicted octanol–water partition coefficient (Wildman–Crippen LogP) is 2.52. The lowest BCUT2D eigenvalue weighted by Gasteiger charge is -2.36. The van der Waals surface area contributed by atoms with E-state index in [1.54, 1.807) is 18.3 Å². The number of pyridine rings is 1. The predicted molar refractivity (Wildman–Crippen MR) is 110 cm³/mol. The van der Waals surface area contributed by atoms with E-state index in [1.807, 2.05) is 30.9 Å². The van der Waals surface area contributed by atoms with Crippen molar-refractivity contribution in [2.75, 3.05) is 26.2 Å². The second-order valence-electron chi connectivity index (χ2n) is 6.93. The second kappa shape index (κ2) is 9.17. The molecule has 0 amide bonds. The van der Waals surface area contributed by atoms with Crippen LogP contribution in [0.4, 0.5) is 0 Å². The highest BCUT2D eigenvalue weighted by atomic mass is 35.5. The van der Waals surface area contributed by atoms with E-state index in [9.17, 15) is 13.2 Å². The third-order valence-electron chi connectivity index (χ3n) is 5.11. The van der Waals surface area contributed by atoms with Gasteiger partial charge in [0, 0.05) is 30.7 Å². The Bertz CT molecular complexity index is 943. The van der Waals surface area contributed by atoms with Gasteiger partial charge in [-0.2, -0.15) is 4.31 Å². The molecule has 2 aromatic rings. The van der Waals surface area contributed by atoms with Crippen LogP contribution in [0.2, 0.25) is 0 Å². The maximum atomic E-state index is 13.2. The van der Waals surface area contributed by atoms with E-state index in [2.05, 4.69) is 4.98 Å². The number of nitrogens with zero attached hydrogens (tertiary/aromatic N) is 3. The van der Waals surface area contributed by atoms with Crippen molar-refractivity contribution in [3.63, 3.8) is 0 Å². The number of carboxylic acids is 1. The first-order chi connectivity index (χ1) is 12.8. The van der Waals surface area contributed by atoms with Gasteiger partial charge in [-0.25, -0.2) is 8.42 Å². The van der Waals surface area contributed by atoms with Gasteiger partial charge in [0.1, 0.15) is 4.90 Å². The molecule has 0 spiro atoms. The van der Waals surface area contributed by atoms with Gasteiger partial charge in [0.2, 0.25) is 10.0 Å². The molecule has 0 unspecified atom stereocenters. The molecule has 154 valence electrons. The van der Waals surface area contributed by atoms with Crippen LogP contribution in [0, 0.1) is 6.92 Å². The van der Waals surface area contributed by atoms with Crippen molar-refractivity contribution in [1.29, 1.82) is 0 Å². The molecule has 1 aromatic carbocycles. The highest BCUT2D eigenvalue weighted by Crippen LogP contribution is 2.27. The summed E-state index contributed by atoms with van der Waals surface area (Å²) in [5, 5.41) is 9.85. The standard InChI is InChI=1S/C19H25N3O4S.ClH/c1-3-21(13-18(23)24)16-7-9-22(10-8-16)27(25,26)17-6-4-5-15-11-14(2)12-20-19(15)17;/h4-6,11-12,16H,3,7-10,13H2,1-2H3,(H,23,24);1H. The third-order valence-corrected chi connectivity index (χ3v) is 7.04. The number of hydrogen-bond acceptors (Lipinski definition) is 5. The Morgan fingerprint density at radius 1 is 1.32 bits per heavy atom. The van der Waals surface area contributed by atoms with Crippen molar-refractivity contribution in [3.8, 4) is 0 Å². The molecule has 1 aromatic heterocycles. The van der Waals surface area contributed by atoms with E-state index in [0.29, 0.717) is 38.0 Å². The topological polar surface area (TPSA) is 90.8 Å². The minimum absolute atomic E-state index is 0. The van der Waals surface area contributed by atoms with Crippen LogP contribution in [0.3, 0.4) is 0 Å². The van der Waals surface area contributed by atoms with Crippen LogP contribution in [-0.4, -0.2) is 65.9 Å². The number of sulfonamides is 1. The molecule has 9 heteroatoms. The monoisotopic (exact) mass is 427 g/mol. The van der Waals surface area contributed by atoms with Gasteiger partial charge in [-0.1, -0.05) is 19.1 Å². The summed E-state index contributed by atoms with van der Waals surface area (Å²) in [5.74, 6) is -0.857. The molecule has 1 aliphatic heterocycles. The molecule has 1 saturated heterocycles. The first kappa shape index (κ1) is 22.5. The number of halogens is 1. The largest absolute Gasteiger partial charge is 0.480 e. The maximum absolute atomic E-state index is 13.2. The average Bonchev–Trinajstić information content (AvgIpc) is 2.65. The summed E-state index contributed by atoms with van der Waals surface area (Å²) >= 11 is 0. The Kier molecular flexibility index (Phi) is 7.39. The summed E-state index contributed by atoms with van der Waals surface area (Å²) in [6.07, 6.45) is 2.92. The van der Waals surface area contributed by atoms with Crippen LogP contribution in [-0.2, 0) is 14.8 Å². The van der Waals surface area contributed by atoms with Gasteiger partial charge in [0.15, 0.2) is 0 Å². The fourth-order valence-electron chi connectivity index (χ4n) is 3.71. The number of carboxylic acid groups (broad SMARTS) is 1. The van der Waals surface area contributed by atoms with Crippen LogP contribution in [0.15, 0.2) is 35.4 Å². The Balaban J connectivity index is 0.00000280. The third kappa shape index (κ3) is 4.63. The lowest BCUT2D eigenvalue weighted by Crippen LogP contribution is -2.48. The number of aliphatic carboxylic acids is 1. The number of rotatable bonds is 6. The highest BCUT2D eigenvalue weighted by Gasteiger charge is 2.33. The van der Waals surface area contributed by atoms with Crippen LogP contribution in [0.25, 0.3) is 10.9 Å². The maximum Gasteiger partial charge on any atom is 0.317 e. The van der Waals surface area contributed by atoms with Crippen molar-refractivity contribution >= 4 is 39.3 Å². The SMILES string of the molecule is CCN(CC(=O)O)C1CCN(S(=O)(=O)c2cccc3cc(C)cnc23)CC1.Cl. The summed E-state index contributed by atoms with van der Waals surface area (Å²) in [5.41, 5.74) is 1.47. The van der Waals surface area contributed by atoms with Crippen LogP contribution < -0.4 is 0 Å². The zero-order chi connectivity index (χ0) is 19.6. The van der Waals surface area contributed by atoms with Crippen molar-refractivity contribution in [2.45, 2.75) is 37.6 Å². The van der Waals surface area contributed by atoms with Crippen LogP contribution >= 0.6 is 12.4 Å². The van der Waals surface area contributed by atoms with E-state index in [0.717, 1.165) is 10.9 Å². The van der Waals surface area contributed by atoms with E-state index in [1.165, 1.54) is 4.31 Å². The fraction of sp³-hybridized carbons (Fsp3) is 0.474. The summed E-state index contributed by atoms with van der Waals surface area (Å²) < 4.78 is 27.9. The Labute approximate surface area is 171 Å². The lowest BCUT2D eigenvalue weighted by atomic mass is 10.0. The smallest absolute Gasteiger partial charge is 0.317 e. The number of hydrogen-bond donors (Lipinski definition) is 1. The first-order valence-corrected chi connectivity index (χ1v) is 10.6. The molecule has 0 bridgehead atoms. The number of carbonyl (C=O) groups is 1. The van der Waals surface area contributed by atoms with Gasteiger partial charge in [-0.3, -0.25) is 14.7 Å². The van der Waals surface area contributed by atoms with E-state index >= 15 is 0 Å².